The van der Waals surface area contributed by atoms with Crippen LogP contribution in [0.4, 0.5) is 11.4 Å². The highest BCUT2D eigenvalue weighted by molar-refractivity contribution is 7.92. The number of carbonyl (C=O) groups excluding carboxylic acids is 1. The van der Waals surface area contributed by atoms with Crippen molar-refractivity contribution in [3.05, 3.63) is 59.2 Å². The topological polar surface area (TPSA) is 69.7 Å². The van der Waals surface area contributed by atoms with E-state index < -0.39 is 10.0 Å². The summed E-state index contributed by atoms with van der Waals surface area (Å²) in [7, 11) is -3.61. The third-order valence-corrected chi connectivity index (χ3v) is 7.45. The zero-order valence-corrected chi connectivity index (χ0v) is 20.6. The molecule has 32 heavy (non-hydrogen) atoms. The maximum atomic E-state index is 12.8. The third kappa shape index (κ3) is 5.82. The Morgan fingerprint density at radius 1 is 1.19 bits per heavy atom. The van der Waals surface area contributed by atoms with E-state index in [-0.39, 0.29) is 18.5 Å². The van der Waals surface area contributed by atoms with E-state index >= 15 is 0 Å². The van der Waals surface area contributed by atoms with E-state index in [0.717, 1.165) is 36.0 Å². The number of nitrogens with one attached hydrogen (secondary N) is 1. The lowest BCUT2D eigenvalue weighted by Crippen LogP contribution is -2.41. The van der Waals surface area contributed by atoms with E-state index in [1.807, 2.05) is 39.0 Å². The van der Waals surface area contributed by atoms with Crippen LogP contribution < -0.4 is 14.5 Å². The standard InChI is InChI=1S/C25H35N3O3S/c1-18-8-7-15-27(16-18)23-13-11-22(12-14-23)21(4)26-25(29)17-28(32(5,30)31)24-10-6-9-19(2)20(24)3/h6,9-14,18,21H,7-8,15-17H2,1-5H3,(H,26,29). The zero-order chi connectivity index (χ0) is 23.5. The van der Waals surface area contributed by atoms with Crippen molar-refractivity contribution in [3.63, 3.8) is 0 Å². The zero-order valence-electron chi connectivity index (χ0n) is 19.8. The average molecular weight is 458 g/mol. The number of amides is 1. The SMILES string of the molecule is Cc1cccc(N(CC(=O)NC(C)c2ccc(N3CCCC(C)C3)cc2)S(C)(=O)=O)c1C. The Morgan fingerprint density at radius 3 is 2.50 bits per heavy atom. The molecule has 7 heteroatoms. The van der Waals surface area contributed by atoms with Crippen LogP contribution in [-0.4, -0.2) is 40.2 Å². The van der Waals surface area contributed by atoms with Gasteiger partial charge in [-0.2, -0.15) is 0 Å². The molecule has 0 bridgehead atoms. The molecule has 0 radical (unpaired) electrons. The molecule has 0 saturated carbocycles. The molecule has 1 fully saturated rings. The molecular formula is C25H35N3O3S. The Kier molecular flexibility index (Phi) is 7.49. The first-order chi connectivity index (χ1) is 15.1. The van der Waals surface area contributed by atoms with Crippen molar-refractivity contribution in [2.45, 2.75) is 46.6 Å². The van der Waals surface area contributed by atoms with Crippen LogP contribution in [0.15, 0.2) is 42.5 Å². The summed E-state index contributed by atoms with van der Waals surface area (Å²) in [5.74, 6) is 0.370. The van der Waals surface area contributed by atoms with Crippen LogP contribution in [0.1, 0.15) is 49.4 Å². The highest BCUT2D eigenvalue weighted by Gasteiger charge is 2.24. The second-order valence-electron chi connectivity index (χ2n) is 9.06. The van der Waals surface area contributed by atoms with Crippen molar-refractivity contribution >= 4 is 27.3 Å². The first-order valence-corrected chi connectivity index (χ1v) is 13.1. The molecule has 2 unspecified atom stereocenters. The van der Waals surface area contributed by atoms with Gasteiger partial charge < -0.3 is 10.2 Å². The number of sulfonamides is 1. The van der Waals surface area contributed by atoms with E-state index in [1.165, 1.54) is 22.8 Å². The molecular weight excluding hydrogens is 422 g/mol. The van der Waals surface area contributed by atoms with Gasteiger partial charge in [0.25, 0.3) is 0 Å². The molecule has 2 atom stereocenters. The first-order valence-electron chi connectivity index (χ1n) is 11.2. The van der Waals surface area contributed by atoms with Gasteiger partial charge in [0, 0.05) is 18.8 Å². The van der Waals surface area contributed by atoms with Crippen molar-refractivity contribution in [2.75, 3.05) is 35.1 Å². The Bertz CT molecular complexity index is 1050. The lowest BCUT2D eigenvalue weighted by Gasteiger charge is -2.33. The number of carbonyl (C=O) groups is 1. The molecule has 0 spiro atoms. The maximum Gasteiger partial charge on any atom is 0.241 e. The number of aryl methyl sites for hydroxylation is 1. The third-order valence-electron chi connectivity index (χ3n) is 6.33. The lowest BCUT2D eigenvalue weighted by molar-refractivity contribution is -0.120. The van der Waals surface area contributed by atoms with E-state index in [0.29, 0.717) is 11.6 Å². The molecule has 2 aromatic carbocycles. The Balaban J connectivity index is 1.68. The number of hydrogen-bond acceptors (Lipinski definition) is 4. The van der Waals surface area contributed by atoms with Gasteiger partial charge in [-0.05, 0) is 74.4 Å². The average Bonchev–Trinajstić information content (AvgIpc) is 2.73. The van der Waals surface area contributed by atoms with Crippen LogP contribution in [0.25, 0.3) is 0 Å². The molecule has 0 aliphatic carbocycles. The summed E-state index contributed by atoms with van der Waals surface area (Å²) in [5, 5.41) is 2.95. The van der Waals surface area contributed by atoms with E-state index in [4.69, 9.17) is 0 Å². The maximum absolute atomic E-state index is 12.8. The van der Waals surface area contributed by atoms with Gasteiger partial charge in [-0.1, -0.05) is 31.2 Å². The van der Waals surface area contributed by atoms with E-state index in [1.54, 1.807) is 12.1 Å². The van der Waals surface area contributed by atoms with Gasteiger partial charge in [0.15, 0.2) is 0 Å². The molecule has 1 aliphatic heterocycles. The highest BCUT2D eigenvalue weighted by Crippen LogP contribution is 2.26. The number of hydrogen-bond donors (Lipinski definition) is 1. The monoisotopic (exact) mass is 457 g/mol. The summed E-state index contributed by atoms with van der Waals surface area (Å²) in [4.78, 5) is 15.2. The van der Waals surface area contributed by atoms with E-state index in [2.05, 4.69) is 29.3 Å². The molecule has 2 aromatic rings. The fourth-order valence-electron chi connectivity index (χ4n) is 4.29. The second-order valence-corrected chi connectivity index (χ2v) is 11.0. The molecule has 1 N–H and O–H groups in total. The minimum absolute atomic E-state index is 0.225. The summed E-state index contributed by atoms with van der Waals surface area (Å²) < 4.78 is 26.1. The molecule has 1 aliphatic rings. The Morgan fingerprint density at radius 2 is 1.88 bits per heavy atom. The molecule has 0 aromatic heterocycles. The molecule has 1 saturated heterocycles. The van der Waals surface area contributed by atoms with Crippen molar-refractivity contribution in [3.8, 4) is 0 Å². The van der Waals surface area contributed by atoms with Gasteiger partial charge in [-0.25, -0.2) is 8.42 Å². The minimum atomic E-state index is -3.61. The first kappa shape index (κ1) is 24.1. The van der Waals surface area contributed by atoms with Gasteiger partial charge >= 0.3 is 0 Å². The quantitative estimate of drug-likeness (QED) is 0.677. The van der Waals surface area contributed by atoms with Gasteiger partial charge in [0.1, 0.15) is 6.54 Å². The normalized spacial score (nSPS) is 17.7. The van der Waals surface area contributed by atoms with Crippen molar-refractivity contribution in [1.29, 1.82) is 0 Å². The molecule has 1 heterocycles. The van der Waals surface area contributed by atoms with Gasteiger partial charge in [-0.15, -0.1) is 0 Å². The lowest BCUT2D eigenvalue weighted by atomic mass is 9.99. The van der Waals surface area contributed by atoms with Crippen molar-refractivity contribution in [1.82, 2.24) is 5.32 Å². The second kappa shape index (κ2) is 9.94. The fraction of sp³-hybridized carbons (Fsp3) is 0.480. The molecule has 1 amide bonds. The van der Waals surface area contributed by atoms with Crippen LogP contribution in [0, 0.1) is 19.8 Å². The van der Waals surface area contributed by atoms with Crippen LogP contribution in [-0.2, 0) is 14.8 Å². The summed E-state index contributed by atoms with van der Waals surface area (Å²) in [6, 6.07) is 13.5. The van der Waals surface area contributed by atoms with Crippen LogP contribution >= 0.6 is 0 Å². The summed E-state index contributed by atoms with van der Waals surface area (Å²) >= 11 is 0. The van der Waals surface area contributed by atoms with Gasteiger partial charge in [0.2, 0.25) is 15.9 Å². The van der Waals surface area contributed by atoms with Crippen LogP contribution in [0.2, 0.25) is 0 Å². The predicted molar refractivity (Wildman–Crippen MR) is 132 cm³/mol. The number of benzene rings is 2. The Hall–Kier alpha value is -2.54. The fourth-order valence-corrected chi connectivity index (χ4v) is 5.19. The number of rotatable bonds is 7. The van der Waals surface area contributed by atoms with Crippen LogP contribution in [0.5, 0.6) is 0 Å². The number of nitrogens with zero attached hydrogens (tertiary/aromatic N) is 2. The largest absolute Gasteiger partial charge is 0.371 e. The molecule has 174 valence electrons. The predicted octanol–water partition coefficient (Wildman–Crippen LogP) is 4.18. The van der Waals surface area contributed by atoms with Gasteiger partial charge in [0.05, 0.1) is 18.0 Å². The summed E-state index contributed by atoms with van der Waals surface area (Å²) in [6.07, 6.45) is 3.63. The summed E-state index contributed by atoms with van der Waals surface area (Å²) in [5.41, 5.74) is 4.56. The minimum Gasteiger partial charge on any atom is -0.371 e. The highest BCUT2D eigenvalue weighted by atomic mass is 32.2. The van der Waals surface area contributed by atoms with Crippen molar-refractivity contribution < 1.29 is 13.2 Å². The Labute approximate surface area is 192 Å². The molecule has 3 rings (SSSR count). The smallest absolute Gasteiger partial charge is 0.241 e. The van der Waals surface area contributed by atoms with Gasteiger partial charge in [-0.3, -0.25) is 9.10 Å². The molecule has 6 nitrogen and oxygen atoms in total. The van der Waals surface area contributed by atoms with Crippen molar-refractivity contribution in [2.24, 2.45) is 5.92 Å². The summed E-state index contributed by atoms with van der Waals surface area (Å²) in [6.45, 7) is 9.90. The van der Waals surface area contributed by atoms with Crippen LogP contribution in [0.3, 0.4) is 0 Å². The number of anilines is 2. The number of piperidine rings is 1. The van der Waals surface area contributed by atoms with E-state index in [9.17, 15) is 13.2 Å².